The molecule has 0 radical (unpaired) electrons. The zero-order chi connectivity index (χ0) is 27.9. The van der Waals surface area contributed by atoms with Gasteiger partial charge in [-0.25, -0.2) is 9.18 Å². The molecule has 1 fully saturated rings. The van der Waals surface area contributed by atoms with Gasteiger partial charge in [-0.05, 0) is 55.9 Å². The van der Waals surface area contributed by atoms with Crippen LogP contribution in [0.4, 0.5) is 10.1 Å². The molecule has 39 heavy (non-hydrogen) atoms. The van der Waals surface area contributed by atoms with Crippen molar-refractivity contribution < 1.29 is 33.3 Å². The Morgan fingerprint density at radius 1 is 1.13 bits per heavy atom. The van der Waals surface area contributed by atoms with Crippen LogP contribution in [-0.2, 0) is 20.8 Å². The summed E-state index contributed by atoms with van der Waals surface area (Å²) in [6.07, 6.45) is 6.41. The van der Waals surface area contributed by atoms with Crippen molar-refractivity contribution in [1.82, 2.24) is 15.0 Å². The number of ether oxygens (including phenoxy) is 3. The van der Waals surface area contributed by atoms with Crippen LogP contribution >= 0.6 is 11.3 Å². The fourth-order valence-corrected chi connectivity index (χ4v) is 5.73. The molecule has 12 heteroatoms. The van der Waals surface area contributed by atoms with Crippen molar-refractivity contribution in [3.05, 3.63) is 52.9 Å². The van der Waals surface area contributed by atoms with Crippen LogP contribution < -0.4 is 9.64 Å². The third kappa shape index (κ3) is 7.00. The number of anilines is 1. The standard InChI is InChI=1S/C27H33FN4O6S/c1-17-4-6-18(7-5-17)25(33)32(19(15-36-2)16-37-3)24-9-8-20(12-22(24)26(34)35)38-27-23(28)13-21(39-27)14-31-29-10-11-30-31/h8-13,17-19H,4-7,14-16H2,1-3H3,(H,34,35)/t17-,18-. The zero-order valence-electron chi connectivity index (χ0n) is 22.2. The molecule has 3 aromatic rings. The van der Waals surface area contributed by atoms with Gasteiger partial charge in [0, 0.05) is 25.0 Å². The lowest BCUT2D eigenvalue weighted by Gasteiger charge is -2.36. The van der Waals surface area contributed by atoms with Gasteiger partial charge in [-0.2, -0.15) is 15.0 Å². The fraction of sp³-hybridized carbons (Fsp3) is 0.481. The number of carbonyl (C=O) groups is 2. The summed E-state index contributed by atoms with van der Waals surface area (Å²) < 4.78 is 31.1. The van der Waals surface area contributed by atoms with Crippen molar-refractivity contribution >= 4 is 28.9 Å². The number of hydrogen-bond acceptors (Lipinski definition) is 8. The molecule has 0 unspecified atom stereocenters. The third-order valence-electron chi connectivity index (χ3n) is 6.82. The molecule has 1 aromatic carbocycles. The summed E-state index contributed by atoms with van der Waals surface area (Å²) in [7, 11) is 3.05. The summed E-state index contributed by atoms with van der Waals surface area (Å²) in [5.41, 5.74) is 0.0785. The van der Waals surface area contributed by atoms with Crippen molar-refractivity contribution in [1.29, 1.82) is 0 Å². The van der Waals surface area contributed by atoms with Gasteiger partial charge in [0.15, 0.2) is 5.82 Å². The van der Waals surface area contributed by atoms with Crippen LogP contribution in [0.25, 0.3) is 0 Å². The number of nitrogens with zero attached hydrogens (tertiary/aromatic N) is 4. The molecule has 1 saturated carbocycles. The number of benzene rings is 1. The van der Waals surface area contributed by atoms with E-state index in [1.54, 1.807) is 0 Å². The van der Waals surface area contributed by atoms with Gasteiger partial charge in [-0.15, -0.1) is 0 Å². The number of thiophene rings is 1. The van der Waals surface area contributed by atoms with Gasteiger partial charge in [0.25, 0.3) is 0 Å². The molecule has 1 aliphatic carbocycles. The largest absolute Gasteiger partial charge is 0.478 e. The van der Waals surface area contributed by atoms with Crippen LogP contribution in [-0.4, -0.2) is 65.5 Å². The van der Waals surface area contributed by atoms with Crippen molar-refractivity contribution in [3.8, 4) is 10.8 Å². The maximum absolute atomic E-state index is 14.6. The van der Waals surface area contributed by atoms with E-state index in [4.69, 9.17) is 14.2 Å². The van der Waals surface area contributed by atoms with Crippen LogP contribution in [0, 0.1) is 17.7 Å². The molecular weight excluding hydrogens is 527 g/mol. The molecule has 0 aliphatic heterocycles. The van der Waals surface area contributed by atoms with Crippen LogP contribution in [0.2, 0.25) is 0 Å². The number of methoxy groups -OCH3 is 2. The number of amides is 1. The first kappa shape index (κ1) is 28.7. The van der Waals surface area contributed by atoms with E-state index >= 15 is 0 Å². The highest BCUT2D eigenvalue weighted by atomic mass is 32.1. The molecule has 0 atom stereocenters. The van der Waals surface area contributed by atoms with Crippen molar-refractivity contribution in [3.63, 3.8) is 0 Å². The van der Waals surface area contributed by atoms with Crippen molar-refractivity contribution in [2.24, 2.45) is 11.8 Å². The number of hydrogen-bond donors (Lipinski definition) is 1. The number of halogens is 1. The summed E-state index contributed by atoms with van der Waals surface area (Å²) in [6.45, 7) is 2.77. The Hall–Kier alpha value is -3.35. The first-order valence-electron chi connectivity index (χ1n) is 12.8. The number of rotatable bonds is 12. The second-order valence-corrected chi connectivity index (χ2v) is 10.8. The van der Waals surface area contributed by atoms with Crippen molar-refractivity contribution in [2.45, 2.75) is 45.2 Å². The van der Waals surface area contributed by atoms with Gasteiger partial charge in [0.2, 0.25) is 11.0 Å². The molecular formula is C27H33FN4O6S. The average molecular weight is 561 g/mol. The van der Waals surface area contributed by atoms with Gasteiger partial charge in [0.1, 0.15) is 5.75 Å². The quantitative estimate of drug-likeness (QED) is 0.335. The predicted octanol–water partition coefficient (Wildman–Crippen LogP) is 4.84. The van der Waals surface area contributed by atoms with Gasteiger partial charge < -0.3 is 24.2 Å². The van der Waals surface area contributed by atoms with E-state index in [0.29, 0.717) is 10.8 Å². The summed E-state index contributed by atoms with van der Waals surface area (Å²) >= 11 is 1.08. The molecule has 0 spiro atoms. The van der Waals surface area contributed by atoms with Crippen LogP contribution in [0.5, 0.6) is 10.8 Å². The topological polar surface area (TPSA) is 116 Å². The lowest BCUT2D eigenvalue weighted by atomic mass is 9.82. The Bertz CT molecular complexity index is 1250. The Morgan fingerprint density at radius 3 is 2.41 bits per heavy atom. The van der Waals surface area contributed by atoms with Crippen LogP contribution in [0.3, 0.4) is 0 Å². The monoisotopic (exact) mass is 560 g/mol. The molecule has 1 amide bonds. The van der Waals surface area contributed by atoms with Crippen molar-refractivity contribution in [2.75, 3.05) is 32.3 Å². The minimum Gasteiger partial charge on any atom is -0.478 e. The molecule has 0 bridgehead atoms. The number of carbonyl (C=O) groups excluding carboxylic acids is 1. The minimum atomic E-state index is -1.24. The summed E-state index contributed by atoms with van der Waals surface area (Å²) in [5.74, 6) is -1.51. The molecule has 2 aromatic heterocycles. The van der Waals surface area contributed by atoms with Gasteiger partial charge in [0.05, 0.1) is 49.4 Å². The van der Waals surface area contributed by atoms with Crippen LogP contribution in [0.1, 0.15) is 47.8 Å². The van der Waals surface area contributed by atoms with Gasteiger partial charge in [-0.3, -0.25) is 4.79 Å². The van der Waals surface area contributed by atoms with E-state index in [1.807, 2.05) is 0 Å². The molecule has 10 nitrogen and oxygen atoms in total. The van der Waals surface area contributed by atoms with Crippen LogP contribution in [0.15, 0.2) is 36.7 Å². The predicted molar refractivity (Wildman–Crippen MR) is 143 cm³/mol. The molecule has 210 valence electrons. The third-order valence-corrected chi connectivity index (χ3v) is 7.80. The van der Waals surface area contributed by atoms with E-state index in [0.717, 1.165) is 37.0 Å². The van der Waals surface area contributed by atoms with E-state index in [9.17, 15) is 19.1 Å². The zero-order valence-corrected chi connectivity index (χ0v) is 23.0. The molecule has 2 heterocycles. The summed E-state index contributed by atoms with van der Waals surface area (Å²) in [5, 5.41) is 18.2. The number of aromatic carboxylic acids is 1. The Morgan fingerprint density at radius 2 is 1.79 bits per heavy atom. The SMILES string of the molecule is COCC(COC)N(c1ccc(Oc2sc(Cn3nccn3)cc2F)cc1C(=O)O)C(=O)[C@H]1CC[C@H](C)CC1. The van der Waals surface area contributed by atoms with E-state index in [1.165, 1.54) is 60.6 Å². The van der Waals surface area contributed by atoms with Gasteiger partial charge >= 0.3 is 5.97 Å². The highest BCUT2D eigenvalue weighted by Gasteiger charge is 2.35. The summed E-state index contributed by atoms with van der Waals surface area (Å²) in [4.78, 5) is 29.8. The normalized spacial score (nSPS) is 17.4. The lowest BCUT2D eigenvalue weighted by molar-refractivity contribution is -0.124. The maximum atomic E-state index is 14.6. The molecule has 1 N–H and O–H groups in total. The second-order valence-electron chi connectivity index (χ2n) is 9.72. The highest BCUT2D eigenvalue weighted by molar-refractivity contribution is 7.13. The molecule has 0 saturated heterocycles. The lowest BCUT2D eigenvalue weighted by Crippen LogP contribution is -2.49. The smallest absolute Gasteiger partial charge is 0.337 e. The Balaban J connectivity index is 1.65. The minimum absolute atomic E-state index is 0.0119. The first-order chi connectivity index (χ1) is 18.8. The fourth-order valence-electron chi connectivity index (χ4n) is 4.86. The number of aromatic nitrogens is 3. The summed E-state index contributed by atoms with van der Waals surface area (Å²) in [6, 6.07) is 5.17. The highest BCUT2D eigenvalue weighted by Crippen LogP contribution is 2.37. The Labute approximate surface area is 230 Å². The molecule has 1 aliphatic rings. The maximum Gasteiger partial charge on any atom is 0.337 e. The first-order valence-corrected chi connectivity index (χ1v) is 13.6. The van der Waals surface area contributed by atoms with Gasteiger partial charge in [-0.1, -0.05) is 18.3 Å². The van der Waals surface area contributed by atoms with E-state index in [2.05, 4.69) is 17.1 Å². The number of carboxylic acids is 1. The van der Waals surface area contributed by atoms with E-state index < -0.39 is 17.8 Å². The number of carboxylic acid groups (broad SMARTS) is 1. The van der Waals surface area contributed by atoms with E-state index in [-0.39, 0.29) is 53.6 Å². The average Bonchev–Trinajstić information content (AvgIpc) is 3.54. The second kappa shape index (κ2) is 13.1. The molecule has 4 rings (SSSR count). The Kier molecular flexibility index (Phi) is 9.65.